The summed E-state index contributed by atoms with van der Waals surface area (Å²) in [6.45, 7) is 1.53. The van der Waals surface area contributed by atoms with Crippen molar-refractivity contribution in [1.29, 1.82) is 0 Å². The number of para-hydroxylation sites is 1. The molecular weight excluding hydrogens is 423 g/mol. The summed E-state index contributed by atoms with van der Waals surface area (Å²) in [7, 11) is 0. The molecule has 3 rings (SSSR count). The van der Waals surface area contributed by atoms with E-state index in [4.69, 9.17) is 15.2 Å². The lowest BCUT2D eigenvalue weighted by Gasteiger charge is -2.15. The highest BCUT2D eigenvalue weighted by atomic mass is 32.1. The van der Waals surface area contributed by atoms with Gasteiger partial charge in [-0.15, -0.1) is 11.3 Å². The number of halogens is 1. The Hall–Kier alpha value is -3.72. The van der Waals surface area contributed by atoms with Gasteiger partial charge < -0.3 is 20.5 Å². The summed E-state index contributed by atoms with van der Waals surface area (Å²) in [5.74, 6) is -2.13. The van der Waals surface area contributed by atoms with E-state index in [0.29, 0.717) is 0 Å². The van der Waals surface area contributed by atoms with E-state index in [2.05, 4.69) is 5.32 Å². The molecule has 0 saturated heterocycles. The molecule has 0 spiro atoms. The summed E-state index contributed by atoms with van der Waals surface area (Å²) >= 11 is 1.13. The number of rotatable bonds is 8. The monoisotopic (exact) mass is 442 g/mol. The van der Waals surface area contributed by atoms with Crippen molar-refractivity contribution >= 4 is 34.1 Å². The molecule has 1 heterocycles. The second-order valence-corrected chi connectivity index (χ2v) is 7.39. The molecule has 0 saturated carbocycles. The number of amides is 2. The topological polar surface area (TPSA) is 108 Å². The van der Waals surface area contributed by atoms with Crippen LogP contribution in [-0.4, -0.2) is 23.9 Å². The molecule has 7 nitrogen and oxygen atoms in total. The van der Waals surface area contributed by atoms with Crippen molar-refractivity contribution in [2.75, 3.05) is 5.32 Å². The normalized spacial score (nSPS) is 11.4. The number of nitrogens with one attached hydrogen (secondary N) is 1. The Bertz CT molecular complexity index is 1100. The molecule has 0 fully saturated rings. The first-order valence-electron chi connectivity index (χ1n) is 9.20. The van der Waals surface area contributed by atoms with Crippen LogP contribution in [0.1, 0.15) is 33.2 Å². The number of hydrogen-bond donors (Lipinski definition) is 2. The molecule has 0 aliphatic rings. The smallest absolute Gasteiger partial charge is 0.342 e. The van der Waals surface area contributed by atoms with Crippen LogP contribution in [0, 0.1) is 5.82 Å². The second kappa shape index (κ2) is 9.86. The summed E-state index contributed by atoms with van der Waals surface area (Å²) in [6.07, 6.45) is -1.14. The third-order valence-corrected chi connectivity index (χ3v) is 5.06. The van der Waals surface area contributed by atoms with Gasteiger partial charge in [0.05, 0.1) is 5.56 Å². The maximum Gasteiger partial charge on any atom is 0.342 e. The SMILES string of the molecule is CC(OC(=O)c1ccccc1OCc1ccc(F)cc1)C(=O)Nc1sccc1C(N)=O. The zero-order valence-corrected chi connectivity index (χ0v) is 17.3. The van der Waals surface area contributed by atoms with E-state index in [-0.39, 0.29) is 34.3 Å². The van der Waals surface area contributed by atoms with E-state index in [1.807, 2.05) is 0 Å². The molecule has 1 unspecified atom stereocenters. The molecule has 2 aromatic carbocycles. The number of nitrogens with two attached hydrogens (primary N) is 1. The fourth-order valence-electron chi connectivity index (χ4n) is 2.59. The predicted octanol–water partition coefficient (Wildman–Crippen LogP) is 3.75. The van der Waals surface area contributed by atoms with E-state index in [1.54, 1.807) is 35.7 Å². The van der Waals surface area contributed by atoms with Crippen molar-refractivity contribution in [3.8, 4) is 5.75 Å². The zero-order chi connectivity index (χ0) is 22.4. The van der Waals surface area contributed by atoms with Crippen LogP contribution in [0.25, 0.3) is 0 Å². The molecule has 2 amide bonds. The van der Waals surface area contributed by atoms with E-state index in [9.17, 15) is 18.8 Å². The Morgan fingerprint density at radius 1 is 1.06 bits per heavy atom. The van der Waals surface area contributed by atoms with Crippen LogP contribution in [0.5, 0.6) is 5.75 Å². The molecular formula is C22H19FN2O5S. The molecule has 0 aliphatic heterocycles. The van der Waals surface area contributed by atoms with Gasteiger partial charge in [0.25, 0.3) is 11.8 Å². The highest BCUT2D eigenvalue weighted by Crippen LogP contribution is 2.24. The van der Waals surface area contributed by atoms with Crippen molar-refractivity contribution in [1.82, 2.24) is 0 Å². The number of carbonyl (C=O) groups is 3. The van der Waals surface area contributed by atoms with Crippen LogP contribution in [0.3, 0.4) is 0 Å². The van der Waals surface area contributed by atoms with E-state index in [1.165, 1.54) is 31.2 Å². The summed E-state index contributed by atoms with van der Waals surface area (Å²) in [5.41, 5.74) is 6.30. The molecule has 1 atom stereocenters. The standard InChI is InChI=1S/C22H19FN2O5S/c1-13(20(27)25-21-17(19(24)26)10-11-31-21)30-22(28)16-4-2-3-5-18(16)29-12-14-6-8-15(23)9-7-14/h2-11,13H,12H2,1H3,(H2,24,26)(H,25,27). The number of benzene rings is 2. The Labute approximate surface area is 181 Å². The van der Waals surface area contributed by atoms with Crippen molar-refractivity contribution in [3.05, 3.63) is 82.5 Å². The van der Waals surface area contributed by atoms with E-state index in [0.717, 1.165) is 16.9 Å². The minimum atomic E-state index is -1.14. The van der Waals surface area contributed by atoms with Gasteiger partial charge in [0.2, 0.25) is 0 Å². The third-order valence-electron chi connectivity index (χ3n) is 4.24. The number of ether oxygens (including phenoxy) is 2. The van der Waals surface area contributed by atoms with Crippen LogP contribution >= 0.6 is 11.3 Å². The van der Waals surface area contributed by atoms with Gasteiger partial charge in [0.15, 0.2) is 6.10 Å². The van der Waals surface area contributed by atoms with Crippen molar-refractivity contribution in [2.24, 2.45) is 5.73 Å². The zero-order valence-electron chi connectivity index (χ0n) is 16.5. The molecule has 3 aromatic rings. The van der Waals surface area contributed by atoms with Gasteiger partial charge in [-0.2, -0.15) is 0 Å². The first-order valence-corrected chi connectivity index (χ1v) is 10.1. The molecule has 9 heteroatoms. The van der Waals surface area contributed by atoms with Crippen molar-refractivity contribution in [2.45, 2.75) is 19.6 Å². The Kier molecular flexibility index (Phi) is 6.99. The Morgan fingerprint density at radius 3 is 2.48 bits per heavy atom. The number of esters is 1. The fourth-order valence-corrected chi connectivity index (χ4v) is 3.39. The highest BCUT2D eigenvalue weighted by Gasteiger charge is 2.23. The number of anilines is 1. The first-order chi connectivity index (χ1) is 14.8. The molecule has 3 N–H and O–H groups in total. The van der Waals surface area contributed by atoms with Crippen LogP contribution in [-0.2, 0) is 16.1 Å². The van der Waals surface area contributed by atoms with Gasteiger partial charge in [0.1, 0.15) is 28.7 Å². The minimum absolute atomic E-state index is 0.120. The fraction of sp³-hybridized carbons (Fsp3) is 0.136. The molecule has 160 valence electrons. The van der Waals surface area contributed by atoms with Crippen molar-refractivity contribution < 1.29 is 28.2 Å². The Balaban J connectivity index is 1.64. The van der Waals surface area contributed by atoms with E-state index < -0.39 is 23.9 Å². The highest BCUT2D eigenvalue weighted by molar-refractivity contribution is 7.14. The van der Waals surface area contributed by atoms with Gasteiger partial charge in [0, 0.05) is 0 Å². The first kappa shape index (κ1) is 22.0. The lowest BCUT2D eigenvalue weighted by atomic mass is 10.2. The van der Waals surface area contributed by atoms with Gasteiger partial charge >= 0.3 is 5.97 Å². The maximum absolute atomic E-state index is 13.0. The van der Waals surface area contributed by atoms with Gasteiger partial charge in [-0.1, -0.05) is 24.3 Å². The summed E-state index contributed by atoms with van der Waals surface area (Å²) in [6, 6.07) is 13.7. The number of carbonyl (C=O) groups excluding carboxylic acids is 3. The quantitative estimate of drug-likeness (QED) is 0.517. The average Bonchev–Trinajstić information content (AvgIpc) is 3.22. The lowest BCUT2D eigenvalue weighted by molar-refractivity contribution is -0.123. The molecule has 0 aliphatic carbocycles. The minimum Gasteiger partial charge on any atom is -0.488 e. The molecule has 0 radical (unpaired) electrons. The van der Waals surface area contributed by atoms with Crippen LogP contribution < -0.4 is 15.8 Å². The van der Waals surface area contributed by atoms with Gasteiger partial charge in [-0.3, -0.25) is 9.59 Å². The largest absolute Gasteiger partial charge is 0.488 e. The number of hydrogen-bond acceptors (Lipinski definition) is 6. The van der Waals surface area contributed by atoms with Gasteiger partial charge in [-0.25, -0.2) is 9.18 Å². The Morgan fingerprint density at radius 2 is 1.77 bits per heavy atom. The maximum atomic E-state index is 13.0. The summed E-state index contributed by atoms with van der Waals surface area (Å²) in [5, 5.41) is 4.43. The van der Waals surface area contributed by atoms with Gasteiger partial charge in [-0.05, 0) is 48.2 Å². The molecule has 0 bridgehead atoms. The molecule has 1 aromatic heterocycles. The van der Waals surface area contributed by atoms with Crippen LogP contribution in [0.4, 0.5) is 9.39 Å². The second-order valence-electron chi connectivity index (χ2n) is 6.48. The molecule has 31 heavy (non-hydrogen) atoms. The third kappa shape index (κ3) is 5.67. The lowest BCUT2D eigenvalue weighted by Crippen LogP contribution is -2.30. The van der Waals surface area contributed by atoms with Crippen molar-refractivity contribution in [3.63, 3.8) is 0 Å². The summed E-state index contributed by atoms with van der Waals surface area (Å²) < 4.78 is 24.0. The number of thiophene rings is 1. The predicted molar refractivity (Wildman–Crippen MR) is 114 cm³/mol. The number of primary amides is 1. The van der Waals surface area contributed by atoms with Crippen LogP contribution in [0.15, 0.2) is 60.0 Å². The summed E-state index contributed by atoms with van der Waals surface area (Å²) in [4.78, 5) is 36.4. The average molecular weight is 442 g/mol. The van der Waals surface area contributed by atoms with E-state index >= 15 is 0 Å². The van der Waals surface area contributed by atoms with Crippen LogP contribution in [0.2, 0.25) is 0 Å².